The molecule has 1 aliphatic heterocycles. The Bertz CT molecular complexity index is 927. The van der Waals surface area contributed by atoms with Gasteiger partial charge in [0.15, 0.2) is 0 Å². The van der Waals surface area contributed by atoms with Gasteiger partial charge in [-0.05, 0) is 30.4 Å². The molecule has 1 aromatic carbocycles. The molecule has 2 amide bonds. The maximum absolute atomic E-state index is 12.5. The number of aromatic nitrogens is 2. The Morgan fingerprint density at radius 2 is 2.04 bits per heavy atom. The molecule has 0 radical (unpaired) electrons. The number of hydrogen-bond acceptors (Lipinski definition) is 3. The van der Waals surface area contributed by atoms with Crippen LogP contribution < -0.4 is 5.32 Å². The summed E-state index contributed by atoms with van der Waals surface area (Å²) in [6, 6.07) is 10.7. The fourth-order valence-electron chi connectivity index (χ4n) is 3.72. The number of benzene rings is 1. The molecule has 3 heterocycles. The van der Waals surface area contributed by atoms with Gasteiger partial charge in [-0.2, -0.15) is 0 Å². The summed E-state index contributed by atoms with van der Waals surface area (Å²) in [6.45, 7) is 8.54. The largest absolute Gasteiger partial charge is 0.358 e. The lowest BCUT2D eigenvalue weighted by Gasteiger charge is -2.31. The van der Waals surface area contributed by atoms with Crippen molar-refractivity contribution in [1.29, 1.82) is 0 Å². The number of hydrogen-bond donors (Lipinski definition) is 2. The van der Waals surface area contributed by atoms with E-state index in [0.29, 0.717) is 12.5 Å². The number of amides is 2. The third-order valence-electron chi connectivity index (χ3n) is 5.39. The Labute approximate surface area is 170 Å². The van der Waals surface area contributed by atoms with Gasteiger partial charge in [0.2, 0.25) is 0 Å². The van der Waals surface area contributed by atoms with Crippen molar-refractivity contribution in [3.63, 3.8) is 0 Å². The molecule has 1 fully saturated rings. The zero-order valence-electron chi connectivity index (χ0n) is 16.8. The molecule has 0 aliphatic carbocycles. The molecule has 5 nitrogen and oxygen atoms in total. The predicted octanol–water partition coefficient (Wildman–Crippen LogP) is 5.01. The highest BCUT2D eigenvalue weighted by molar-refractivity contribution is 7.09. The normalized spacial score (nSPS) is 15.9. The summed E-state index contributed by atoms with van der Waals surface area (Å²) in [7, 11) is 0. The molecule has 0 unspecified atom stereocenters. The minimum absolute atomic E-state index is 0.0143. The van der Waals surface area contributed by atoms with Crippen LogP contribution in [0.15, 0.2) is 35.7 Å². The number of carbonyl (C=O) groups excluding carboxylic acids is 1. The van der Waals surface area contributed by atoms with Crippen LogP contribution in [-0.2, 0) is 12.0 Å². The lowest BCUT2D eigenvalue weighted by molar-refractivity contribution is 0.180. The minimum atomic E-state index is 0.0143. The van der Waals surface area contributed by atoms with Crippen molar-refractivity contribution in [3.05, 3.63) is 52.1 Å². The van der Waals surface area contributed by atoms with Crippen molar-refractivity contribution in [2.24, 2.45) is 0 Å². The molecule has 2 aromatic heterocycles. The van der Waals surface area contributed by atoms with E-state index in [1.807, 2.05) is 10.3 Å². The van der Waals surface area contributed by atoms with Gasteiger partial charge in [0.05, 0.1) is 17.2 Å². The summed E-state index contributed by atoms with van der Waals surface area (Å²) in [5.74, 6) is 0.490. The van der Waals surface area contributed by atoms with Crippen LogP contribution in [0.2, 0.25) is 0 Å². The van der Waals surface area contributed by atoms with Crippen LogP contribution in [0.5, 0.6) is 0 Å². The minimum Gasteiger partial charge on any atom is -0.358 e. The number of aromatic amines is 1. The zero-order valence-corrected chi connectivity index (χ0v) is 17.6. The van der Waals surface area contributed by atoms with E-state index in [4.69, 9.17) is 0 Å². The maximum Gasteiger partial charge on any atom is 0.317 e. The van der Waals surface area contributed by atoms with Crippen LogP contribution in [0, 0.1) is 0 Å². The van der Waals surface area contributed by atoms with Gasteiger partial charge >= 0.3 is 6.03 Å². The first-order valence-electron chi connectivity index (χ1n) is 9.95. The number of rotatable bonds is 3. The van der Waals surface area contributed by atoms with E-state index in [-0.39, 0.29) is 11.4 Å². The number of nitrogens with zero attached hydrogens (tertiary/aromatic N) is 2. The lowest BCUT2D eigenvalue weighted by atomic mass is 9.94. The van der Waals surface area contributed by atoms with Gasteiger partial charge in [0, 0.05) is 41.0 Å². The maximum atomic E-state index is 12.5. The Balaban J connectivity index is 1.29. The van der Waals surface area contributed by atoms with E-state index in [1.165, 1.54) is 16.6 Å². The summed E-state index contributed by atoms with van der Waals surface area (Å²) in [4.78, 5) is 22.7. The average molecular weight is 397 g/mol. The van der Waals surface area contributed by atoms with E-state index < -0.39 is 0 Å². The molecule has 0 spiro atoms. The Kier molecular flexibility index (Phi) is 5.15. The van der Waals surface area contributed by atoms with Gasteiger partial charge in [0.25, 0.3) is 0 Å². The summed E-state index contributed by atoms with van der Waals surface area (Å²) < 4.78 is 0. The third kappa shape index (κ3) is 4.07. The first-order chi connectivity index (χ1) is 13.4. The number of H-pyrrole nitrogens is 1. The Morgan fingerprint density at radius 3 is 2.71 bits per heavy atom. The molecule has 6 heteroatoms. The second-order valence-electron chi connectivity index (χ2n) is 8.63. The van der Waals surface area contributed by atoms with E-state index >= 15 is 0 Å². The number of urea groups is 1. The number of carbonyl (C=O) groups is 1. The van der Waals surface area contributed by atoms with Crippen LogP contribution in [0.3, 0.4) is 0 Å². The van der Waals surface area contributed by atoms with Crippen molar-refractivity contribution in [2.75, 3.05) is 13.1 Å². The smallest absolute Gasteiger partial charge is 0.317 e. The number of likely N-dealkylation sites (tertiary alicyclic amines) is 1. The quantitative estimate of drug-likeness (QED) is 0.654. The van der Waals surface area contributed by atoms with E-state index in [0.717, 1.165) is 36.6 Å². The van der Waals surface area contributed by atoms with Crippen LogP contribution in [-0.4, -0.2) is 34.0 Å². The molecule has 0 atom stereocenters. The third-order valence-corrected chi connectivity index (χ3v) is 6.70. The fraction of sp³-hybridized carbons (Fsp3) is 0.455. The van der Waals surface area contributed by atoms with Crippen molar-refractivity contribution in [2.45, 2.75) is 51.5 Å². The molecule has 1 aliphatic rings. The van der Waals surface area contributed by atoms with Gasteiger partial charge in [-0.15, -0.1) is 11.3 Å². The van der Waals surface area contributed by atoms with Gasteiger partial charge in [-0.25, -0.2) is 9.78 Å². The highest BCUT2D eigenvalue weighted by atomic mass is 32.1. The average Bonchev–Trinajstić information content (AvgIpc) is 3.33. The molecular weight excluding hydrogens is 368 g/mol. The summed E-state index contributed by atoms with van der Waals surface area (Å²) in [6.07, 6.45) is 1.98. The zero-order chi connectivity index (χ0) is 19.7. The molecule has 0 saturated carbocycles. The number of nitrogens with one attached hydrogen (secondary N) is 2. The first-order valence-corrected chi connectivity index (χ1v) is 10.8. The summed E-state index contributed by atoms with van der Waals surface area (Å²) in [5.41, 5.74) is 3.47. The second kappa shape index (κ2) is 7.59. The van der Waals surface area contributed by atoms with Crippen molar-refractivity contribution < 1.29 is 4.79 Å². The summed E-state index contributed by atoms with van der Waals surface area (Å²) in [5, 5.41) is 7.44. The Morgan fingerprint density at radius 1 is 1.29 bits per heavy atom. The van der Waals surface area contributed by atoms with Crippen LogP contribution in [0.4, 0.5) is 4.79 Å². The number of thiazole rings is 1. The van der Waals surface area contributed by atoms with Gasteiger partial charge in [0.1, 0.15) is 0 Å². The topological polar surface area (TPSA) is 61.0 Å². The molecule has 1 saturated heterocycles. The van der Waals surface area contributed by atoms with Crippen molar-refractivity contribution in [3.8, 4) is 0 Å². The lowest BCUT2D eigenvalue weighted by Crippen LogP contribution is -2.43. The first kappa shape index (κ1) is 19.0. The molecule has 2 N–H and O–H groups in total. The predicted molar refractivity (Wildman–Crippen MR) is 115 cm³/mol. The van der Waals surface area contributed by atoms with Crippen LogP contribution in [0.25, 0.3) is 10.9 Å². The number of fused-ring (bicyclic) bond motifs is 1. The van der Waals surface area contributed by atoms with Gasteiger partial charge in [-0.3, -0.25) is 0 Å². The SMILES string of the molecule is CC(C)(C)c1nc(CNC(=O)N2CCC(c3cc4ccccc4[nH]3)CC2)cs1. The highest BCUT2D eigenvalue weighted by Crippen LogP contribution is 2.30. The van der Waals surface area contributed by atoms with Crippen LogP contribution >= 0.6 is 11.3 Å². The monoisotopic (exact) mass is 396 g/mol. The van der Waals surface area contributed by atoms with Gasteiger partial charge < -0.3 is 15.2 Å². The Hall–Kier alpha value is -2.34. The second-order valence-corrected chi connectivity index (χ2v) is 9.48. The highest BCUT2D eigenvalue weighted by Gasteiger charge is 2.25. The molecular formula is C22H28N4OS. The summed E-state index contributed by atoms with van der Waals surface area (Å²) >= 11 is 1.66. The van der Waals surface area contributed by atoms with Crippen LogP contribution in [0.1, 0.15) is 55.9 Å². The standard InChI is InChI=1S/C22H28N4OS/c1-22(2,3)20-24-17(14-28-20)13-23-21(27)26-10-8-15(9-11-26)19-12-16-6-4-5-7-18(16)25-19/h4-7,12,14-15,25H,8-11,13H2,1-3H3,(H,23,27). The molecule has 0 bridgehead atoms. The van der Waals surface area contributed by atoms with Gasteiger partial charge in [-0.1, -0.05) is 39.0 Å². The van der Waals surface area contributed by atoms with Crippen molar-refractivity contribution in [1.82, 2.24) is 20.2 Å². The van der Waals surface area contributed by atoms with E-state index in [9.17, 15) is 4.79 Å². The van der Waals surface area contributed by atoms with E-state index in [2.05, 4.69) is 66.4 Å². The molecule has 4 rings (SSSR count). The molecule has 28 heavy (non-hydrogen) atoms. The number of para-hydroxylation sites is 1. The molecule has 3 aromatic rings. The van der Waals surface area contributed by atoms with Crippen molar-refractivity contribution >= 4 is 28.3 Å². The molecule has 148 valence electrons. The number of piperidine rings is 1. The fourth-order valence-corrected chi connectivity index (χ4v) is 4.63. The van der Waals surface area contributed by atoms with E-state index in [1.54, 1.807) is 11.3 Å².